The summed E-state index contributed by atoms with van der Waals surface area (Å²) in [6, 6.07) is 11.1. The van der Waals surface area contributed by atoms with Gasteiger partial charge in [0, 0.05) is 12.6 Å². The standard InChI is InChI=1S/C20H25FN2O3S/c1-14(18-8-9-19(21)20(10-18)26-12-16-4-5-16)23-27(24,25)13-17-6-2-15(11-22)3-7-17/h2-3,6-10,14,16,23H,4-5,11-13,22H2,1H3. The van der Waals surface area contributed by atoms with Gasteiger partial charge >= 0.3 is 0 Å². The second kappa shape index (κ2) is 8.37. The van der Waals surface area contributed by atoms with Gasteiger partial charge in [0.15, 0.2) is 11.6 Å². The maximum absolute atomic E-state index is 13.9. The highest BCUT2D eigenvalue weighted by atomic mass is 32.2. The number of halogens is 1. The largest absolute Gasteiger partial charge is 0.490 e. The van der Waals surface area contributed by atoms with E-state index < -0.39 is 21.9 Å². The fourth-order valence-electron chi connectivity index (χ4n) is 2.76. The van der Waals surface area contributed by atoms with Gasteiger partial charge in [-0.25, -0.2) is 17.5 Å². The Kier molecular flexibility index (Phi) is 6.14. The predicted molar refractivity (Wildman–Crippen MR) is 103 cm³/mol. The van der Waals surface area contributed by atoms with Crippen LogP contribution in [0.25, 0.3) is 0 Å². The second-order valence-corrected chi connectivity index (χ2v) is 8.82. The Balaban J connectivity index is 1.65. The molecule has 3 rings (SSSR count). The van der Waals surface area contributed by atoms with Crippen molar-refractivity contribution in [1.82, 2.24) is 4.72 Å². The molecule has 0 saturated heterocycles. The molecular formula is C20H25FN2O3S. The zero-order chi connectivity index (χ0) is 19.4. The quantitative estimate of drug-likeness (QED) is 0.686. The molecule has 0 amide bonds. The van der Waals surface area contributed by atoms with Crippen molar-refractivity contribution < 1.29 is 17.5 Å². The van der Waals surface area contributed by atoms with E-state index in [1.165, 1.54) is 6.07 Å². The SMILES string of the molecule is CC(NS(=O)(=O)Cc1ccc(CN)cc1)c1ccc(F)c(OCC2CC2)c1. The molecular weight excluding hydrogens is 367 g/mol. The molecule has 1 atom stereocenters. The van der Waals surface area contributed by atoms with Crippen molar-refractivity contribution >= 4 is 10.0 Å². The minimum absolute atomic E-state index is 0.131. The number of nitrogens with one attached hydrogen (secondary N) is 1. The lowest BCUT2D eigenvalue weighted by atomic mass is 10.1. The Morgan fingerprint density at radius 3 is 2.48 bits per heavy atom. The molecule has 7 heteroatoms. The van der Waals surface area contributed by atoms with Crippen molar-refractivity contribution in [2.24, 2.45) is 11.7 Å². The van der Waals surface area contributed by atoms with Gasteiger partial charge in [-0.1, -0.05) is 30.3 Å². The van der Waals surface area contributed by atoms with Crippen molar-refractivity contribution in [2.45, 2.75) is 38.1 Å². The topological polar surface area (TPSA) is 81.4 Å². The average molecular weight is 392 g/mol. The number of ether oxygens (including phenoxy) is 1. The van der Waals surface area contributed by atoms with Crippen LogP contribution in [0.4, 0.5) is 4.39 Å². The van der Waals surface area contributed by atoms with E-state index >= 15 is 0 Å². The summed E-state index contributed by atoms with van der Waals surface area (Å²) in [7, 11) is -3.56. The molecule has 1 aliphatic carbocycles. The van der Waals surface area contributed by atoms with Crippen molar-refractivity contribution in [2.75, 3.05) is 6.61 Å². The normalized spacial score (nSPS) is 15.5. The summed E-state index contributed by atoms with van der Waals surface area (Å²) in [4.78, 5) is 0. The first-order chi connectivity index (χ1) is 12.9. The van der Waals surface area contributed by atoms with E-state index in [0.717, 1.165) is 18.4 Å². The summed E-state index contributed by atoms with van der Waals surface area (Å²) in [5, 5.41) is 0. The first-order valence-corrected chi connectivity index (χ1v) is 10.7. The average Bonchev–Trinajstić information content (AvgIpc) is 3.45. The summed E-state index contributed by atoms with van der Waals surface area (Å²) in [5.74, 6) is 0.112. The molecule has 0 spiro atoms. The third kappa shape index (κ3) is 5.76. The molecule has 2 aromatic rings. The molecule has 0 aromatic heterocycles. The molecule has 1 unspecified atom stereocenters. The molecule has 1 saturated carbocycles. The minimum Gasteiger partial charge on any atom is -0.490 e. The summed E-state index contributed by atoms with van der Waals surface area (Å²) < 4.78 is 47.0. The van der Waals surface area contributed by atoms with Crippen molar-refractivity contribution in [1.29, 1.82) is 0 Å². The highest BCUT2D eigenvalue weighted by molar-refractivity contribution is 7.88. The summed E-state index contributed by atoms with van der Waals surface area (Å²) in [6.07, 6.45) is 2.23. The van der Waals surface area contributed by atoms with Gasteiger partial charge in [-0.15, -0.1) is 0 Å². The van der Waals surface area contributed by atoms with Crippen LogP contribution in [0.5, 0.6) is 5.75 Å². The fourth-order valence-corrected chi connectivity index (χ4v) is 4.15. The van der Waals surface area contributed by atoms with Crippen molar-refractivity contribution in [3.63, 3.8) is 0 Å². The van der Waals surface area contributed by atoms with Crippen molar-refractivity contribution in [3.8, 4) is 5.75 Å². The summed E-state index contributed by atoms with van der Waals surface area (Å²) in [5.41, 5.74) is 7.84. The molecule has 3 N–H and O–H groups in total. The van der Waals surface area contributed by atoms with Crippen LogP contribution in [-0.2, 0) is 22.3 Å². The van der Waals surface area contributed by atoms with Crippen LogP contribution in [0, 0.1) is 11.7 Å². The Bertz CT molecular complexity index is 881. The van der Waals surface area contributed by atoms with E-state index in [4.69, 9.17) is 10.5 Å². The molecule has 0 aliphatic heterocycles. The zero-order valence-electron chi connectivity index (χ0n) is 15.3. The van der Waals surface area contributed by atoms with Gasteiger partial charge in [0.2, 0.25) is 10.0 Å². The van der Waals surface area contributed by atoms with Crippen LogP contribution in [-0.4, -0.2) is 15.0 Å². The van der Waals surface area contributed by atoms with E-state index in [-0.39, 0.29) is 11.5 Å². The van der Waals surface area contributed by atoms with Gasteiger partial charge in [-0.05, 0) is 54.5 Å². The van der Waals surface area contributed by atoms with Crippen LogP contribution in [0.2, 0.25) is 0 Å². The Hall–Kier alpha value is -1.96. The maximum atomic E-state index is 13.9. The van der Waals surface area contributed by atoms with Gasteiger partial charge in [0.1, 0.15) is 0 Å². The predicted octanol–water partition coefficient (Wildman–Crippen LogP) is 3.25. The van der Waals surface area contributed by atoms with Crippen LogP contribution in [0.15, 0.2) is 42.5 Å². The molecule has 0 radical (unpaired) electrons. The smallest absolute Gasteiger partial charge is 0.216 e. The Morgan fingerprint density at radius 1 is 1.19 bits per heavy atom. The van der Waals surface area contributed by atoms with E-state index in [2.05, 4.69) is 4.72 Å². The molecule has 146 valence electrons. The third-order valence-electron chi connectivity index (χ3n) is 4.60. The first-order valence-electron chi connectivity index (χ1n) is 9.06. The van der Waals surface area contributed by atoms with Gasteiger partial charge in [0.25, 0.3) is 0 Å². The van der Waals surface area contributed by atoms with E-state index in [0.29, 0.717) is 30.2 Å². The number of rotatable bonds is 9. The highest BCUT2D eigenvalue weighted by Crippen LogP contribution is 2.31. The monoisotopic (exact) mass is 392 g/mol. The van der Waals surface area contributed by atoms with Gasteiger partial charge in [0.05, 0.1) is 12.4 Å². The molecule has 2 aromatic carbocycles. The number of nitrogens with two attached hydrogens (primary N) is 1. The maximum Gasteiger partial charge on any atom is 0.216 e. The number of sulfonamides is 1. The molecule has 1 aliphatic rings. The van der Waals surface area contributed by atoms with Crippen LogP contribution >= 0.6 is 0 Å². The molecule has 0 bridgehead atoms. The van der Waals surface area contributed by atoms with Crippen LogP contribution in [0.1, 0.15) is 42.5 Å². The number of benzene rings is 2. The minimum atomic E-state index is -3.56. The van der Waals surface area contributed by atoms with E-state index in [1.54, 1.807) is 31.2 Å². The third-order valence-corrected chi connectivity index (χ3v) is 6.02. The lowest BCUT2D eigenvalue weighted by Crippen LogP contribution is -2.28. The van der Waals surface area contributed by atoms with Gasteiger partial charge in [-0.2, -0.15) is 0 Å². The molecule has 0 heterocycles. The van der Waals surface area contributed by atoms with E-state index in [1.807, 2.05) is 12.1 Å². The van der Waals surface area contributed by atoms with Crippen molar-refractivity contribution in [3.05, 3.63) is 65.0 Å². The molecule has 5 nitrogen and oxygen atoms in total. The lowest BCUT2D eigenvalue weighted by molar-refractivity contribution is 0.285. The van der Waals surface area contributed by atoms with Crippen LogP contribution < -0.4 is 15.2 Å². The lowest BCUT2D eigenvalue weighted by Gasteiger charge is -2.16. The molecule has 1 fully saturated rings. The Labute approximate surface area is 159 Å². The summed E-state index contributed by atoms with van der Waals surface area (Å²) >= 11 is 0. The summed E-state index contributed by atoms with van der Waals surface area (Å²) in [6.45, 7) is 2.64. The van der Waals surface area contributed by atoms with Gasteiger partial charge in [-0.3, -0.25) is 0 Å². The first kappa shape index (κ1) is 19.8. The van der Waals surface area contributed by atoms with E-state index in [9.17, 15) is 12.8 Å². The van der Waals surface area contributed by atoms with Crippen LogP contribution in [0.3, 0.4) is 0 Å². The van der Waals surface area contributed by atoms with Gasteiger partial charge < -0.3 is 10.5 Å². The Morgan fingerprint density at radius 2 is 1.85 bits per heavy atom. The zero-order valence-corrected chi connectivity index (χ0v) is 16.1. The fraction of sp³-hybridized carbons (Fsp3) is 0.400. The molecule has 27 heavy (non-hydrogen) atoms. The highest BCUT2D eigenvalue weighted by Gasteiger charge is 2.23. The second-order valence-electron chi connectivity index (χ2n) is 7.06. The number of hydrogen-bond donors (Lipinski definition) is 2. The number of hydrogen-bond acceptors (Lipinski definition) is 4.